The number of nitrogens with zero attached hydrogens (tertiary/aromatic N) is 1. The van der Waals surface area contributed by atoms with E-state index in [1.54, 1.807) is 0 Å². The second-order valence-corrected chi connectivity index (χ2v) is 7.06. The SMILES string of the molecule is CC(C)C(C)N(C)CCCCC(C)(CO)NC1CC1. The molecule has 1 aliphatic rings. The maximum Gasteiger partial charge on any atom is 0.0610 e. The van der Waals surface area contributed by atoms with Crippen molar-refractivity contribution < 1.29 is 5.11 Å². The zero-order valence-electron chi connectivity index (χ0n) is 13.6. The summed E-state index contributed by atoms with van der Waals surface area (Å²) in [5.41, 5.74) is -0.0661. The van der Waals surface area contributed by atoms with Crippen molar-refractivity contribution in [3.63, 3.8) is 0 Å². The van der Waals surface area contributed by atoms with E-state index in [0.29, 0.717) is 18.0 Å². The van der Waals surface area contributed by atoms with Crippen molar-refractivity contribution in [1.29, 1.82) is 0 Å². The lowest BCUT2D eigenvalue weighted by molar-refractivity contribution is 0.156. The van der Waals surface area contributed by atoms with E-state index in [1.807, 2.05) is 0 Å². The van der Waals surface area contributed by atoms with Crippen molar-refractivity contribution in [2.45, 2.75) is 77.4 Å². The summed E-state index contributed by atoms with van der Waals surface area (Å²) in [4.78, 5) is 2.45. The number of rotatable bonds is 10. The van der Waals surface area contributed by atoms with Gasteiger partial charge in [-0.25, -0.2) is 0 Å². The van der Waals surface area contributed by atoms with Crippen LogP contribution in [-0.2, 0) is 0 Å². The fraction of sp³-hybridized carbons (Fsp3) is 1.00. The van der Waals surface area contributed by atoms with Crippen LogP contribution >= 0.6 is 0 Å². The molecule has 1 fully saturated rings. The minimum atomic E-state index is -0.0661. The lowest BCUT2D eigenvalue weighted by Crippen LogP contribution is -2.47. The van der Waals surface area contributed by atoms with Crippen LogP contribution in [-0.4, -0.2) is 47.8 Å². The lowest BCUT2D eigenvalue weighted by atomic mass is 9.95. The summed E-state index contributed by atoms with van der Waals surface area (Å²) in [6.45, 7) is 10.4. The van der Waals surface area contributed by atoms with Gasteiger partial charge in [-0.2, -0.15) is 0 Å². The summed E-state index contributed by atoms with van der Waals surface area (Å²) in [5.74, 6) is 0.712. The summed E-state index contributed by atoms with van der Waals surface area (Å²) in [7, 11) is 2.22. The minimum absolute atomic E-state index is 0.0661. The molecule has 0 saturated heterocycles. The quantitative estimate of drug-likeness (QED) is 0.599. The Kier molecular flexibility index (Phi) is 6.78. The van der Waals surface area contributed by atoms with Gasteiger partial charge in [0.05, 0.1) is 6.61 Å². The highest BCUT2D eigenvalue weighted by molar-refractivity contribution is 4.92. The number of hydrogen-bond acceptors (Lipinski definition) is 3. The Hall–Kier alpha value is -0.120. The van der Waals surface area contributed by atoms with Gasteiger partial charge in [-0.05, 0) is 59.0 Å². The van der Waals surface area contributed by atoms with Crippen molar-refractivity contribution in [3.8, 4) is 0 Å². The molecule has 0 aromatic heterocycles. The second-order valence-electron chi connectivity index (χ2n) is 7.06. The van der Waals surface area contributed by atoms with Gasteiger partial charge in [0.2, 0.25) is 0 Å². The van der Waals surface area contributed by atoms with Gasteiger partial charge in [0.25, 0.3) is 0 Å². The van der Waals surface area contributed by atoms with E-state index in [0.717, 1.165) is 13.0 Å². The average molecular weight is 270 g/mol. The fourth-order valence-corrected chi connectivity index (χ4v) is 2.51. The first-order valence-corrected chi connectivity index (χ1v) is 7.97. The van der Waals surface area contributed by atoms with Crippen LogP contribution in [0.25, 0.3) is 0 Å². The molecule has 0 bridgehead atoms. The standard InChI is InChI=1S/C16H34N2O/c1-13(2)14(3)18(5)11-7-6-10-16(4,12-19)17-15-8-9-15/h13-15,17,19H,6-12H2,1-5H3. The molecule has 0 spiro atoms. The summed E-state index contributed by atoms with van der Waals surface area (Å²) in [5, 5.41) is 13.1. The normalized spacial score (nSPS) is 20.8. The highest BCUT2D eigenvalue weighted by Gasteiger charge is 2.31. The molecule has 3 heteroatoms. The molecule has 19 heavy (non-hydrogen) atoms. The van der Waals surface area contributed by atoms with Crippen molar-refractivity contribution >= 4 is 0 Å². The largest absolute Gasteiger partial charge is 0.394 e. The van der Waals surface area contributed by atoms with Gasteiger partial charge in [0.1, 0.15) is 0 Å². The molecule has 0 aliphatic heterocycles. The van der Waals surface area contributed by atoms with Crippen LogP contribution in [0.1, 0.15) is 59.8 Å². The van der Waals surface area contributed by atoms with E-state index in [9.17, 15) is 5.11 Å². The Bertz CT molecular complexity index is 253. The second kappa shape index (κ2) is 7.61. The van der Waals surface area contributed by atoms with Crippen LogP contribution in [0, 0.1) is 5.92 Å². The molecular formula is C16H34N2O. The van der Waals surface area contributed by atoms with E-state index in [4.69, 9.17) is 0 Å². The molecule has 0 aromatic rings. The zero-order valence-corrected chi connectivity index (χ0v) is 13.6. The molecule has 2 atom stereocenters. The van der Waals surface area contributed by atoms with Gasteiger partial charge in [0.15, 0.2) is 0 Å². The predicted octanol–water partition coefficient (Wildman–Crippen LogP) is 2.64. The molecular weight excluding hydrogens is 236 g/mol. The van der Waals surface area contributed by atoms with Crippen LogP contribution in [0.15, 0.2) is 0 Å². The smallest absolute Gasteiger partial charge is 0.0610 e. The van der Waals surface area contributed by atoms with Crippen LogP contribution in [0.4, 0.5) is 0 Å². The molecule has 1 saturated carbocycles. The Morgan fingerprint density at radius 1 is 1.26 bits per heavy atom. The maximum absolute atomic E-state index is 9.56. The van der Waals surface area contributed by atoms with Crippen molar-refractivity contribution in [2.75, 3.05) is 20.2 Å². The van der Waals surface area contributed by atoms with Crippen LogP contribution in [0.5, 0.6) is 0 Å². The number of aliphatic hydroxyl groups excluding tert-OH is 1. The molecule has 1 rings (SSSR count). The zero-order chi connectivity index (χ0) is 14.5. The van der Waals surface area contributed by atoms with E-state index >= 15 is 0 Å². The summed E-state index contributed by atoms with van der Waals surface area (Å²) >= 11 is 0. The molecule has 0 radical (unpaired) electrons. The maximum atomic E-state index is 9.56. The van der Waals surface area contributed by atoms with Crippen LogP contribution < -0.4 is 5.32 Å². The third-order valence-electron chi connectivity index (χ3n) is 4.63. The van der Waals surface area contributed by atoms with Crippen molar-refractivity contribution in [1.82, 2.24) is 10.2 Å². The monoisotopic (exact) mass is 270 g/mol. The number of unbranched alkanes of at least 4 members (excludes halogenated alkanes) is 1. The molecule has 114 valence electrons. The topological polar surface area (TPSA) is 35.5 Å². The van der Waals surface area contributed by atoms with Crippen LogP contribution in [0.3, 0.4) is 0 Å². The molecule has 1 aliphatic carbocycles. The van der Waals surface area contributed by atoms with Crippen molar-refractivity contribution in [2.24, 2.45) is 5.92 Å². The van der Waals surface area contributed by atoms with E-state index < -0.39 is 0 Å². The first kappa shape index (κ1) is 16.9. The molecule has 2 N–H and O–H groups in total. The van der Waals surface area contributed by atoms with Gasteiger partial charge in [0, 0.05) is 17.6 Å². The number of aliphatic hydroxyl groups is 1. The first-order chi connectivity index (χ1) is 8.88. The lowest BCUT2D eigenvalue weighted by Gasteiger charge is -2.30. The van der Waals surface area contributed by atoms with E-state index in [-0.39, 0.29) is 12.1 Å². The molecule has 0 aromatic carbocycles. The third-order valence-corrected chi connectivity index (χ3v) is 4.63. The Labute approximate surface area is 119 Å². The molecule has 0 amide bonds. The van der Waals surface area contributed by atoms with Gasteiger partial charge in [-0.1, -0.05) is 20.3 Å². The molecule has 2 unspecified atom stereocenters. The summed E-state index contributed by atoms with van der Waals surface area (Å²) in [6.07, 6.45) is 6.04. The first-order valence-electron chi connectivity index (χ1n) is 7.97. The minimum Gasteiger partial charge on any atom is -0.394 e. The average Bonchev–Trinajstić information content (AvgIpc) is 3.17. The van der Waals surface area contributed by atoms with Crippen molar-refractivity contribution in [3.05, 3.63) is 0 Å². The van der Waals surface area contributed by atoms with Gasteiger partial charge in [-0.15, -0.1) is 0 Å². The summed E-state index contributed by atoms with van der Waals surface area (Å²) < 4.78 is 0. The van der Waals surface area contributed by atoms with E-state index in [2.05, 4.69) is 45.0 Å². The third kappa shape index (κ3) is 6.24. The molecule has 3 nitrogen and oxygen atoms in total. The van der Waals surface area contributed by atoms with Crippen LogP contribution in [0.2, 0.25) is 0 Å². The summed E-state index contributed by atoms with van der Waals surface area (Å²) in [6, 6.07) is 1.31. The van der Waals surface area contributed by atoms with Gasteiger partial charge >= 0.3 is 0 Å². The number of hydrogen-bond donors (Lipinski definition) is 2. The highest BCUT2D eigenvalue weighted by Crippen LogP contribution is 2.25. The Balaban J connectivity index is 2.17. The van der Waals surface area contributed by atoms with E-state index in [1.165, 1.54) is 25.7 Å². The number of nitrogens with one attached hydrogen (secondary N) is 1. The predicted molar refractivity (Wildman–Crippen MR) is 82.4 cm³/mol. The molecule has 0 heterocycles. The van der Waals surface area contributed by atoms with Gasteiger partial charge < -0.3 is 15.3 Å². The fourth-order valence-electron chi connectivity index (χ4n) is 2.51. The Morgan fingerprint density at radius 3 is 2.37 bits per heavy atom. The van der Waals surface area contributed by atoms with Gasteiger partial charge in [-0.3, -0.25) is 0 Å². The Morgan fingerprint density at radius 2 is 1.89 bits per heavy atom. The highest BCUT2D eigenvalue weighted by atomic mass is 16.3.